The molecule has 0 radical (unpaired) electrons. The zero-order valence-corrected chi connectivity index (χ0v) is 15.9. The van der Waals surface area contributed by atoms with Crippen molar-refractivity contribution in [3.8, 4) is 0 Å². The second-order valence-electron chi connectivity index (χ2n) is 7.76. The van der Waals surface area contributed by atoms with Gasteiger partial charge in [-0.2, -0.15) is 0 Å². The monoisotopic (exact) mass is 363 g/mol. The molecule has 0 bridgehead atoms. The number of carbonyl (C=O) groups excluding carboxylic acids is 1. The van der Waals surface area contributed by atoms with Crippen LogP contribution in [0.2, 0.25) is 0 Å². The molecule has 1 amide bonds. The number of aromatic nitrogens is 2. The molecule has 1 saturated carbocycles. The van der Waals surface area contributed by atoms with Crippen LogP contribution in [-0.4, -0.2) is 15.9 Å². The number of nitrogens with one attached hydrogen (secondary N) is 2. The minimum absolute atomic E-state index is 0.160. The lowest BCUT2D eigenvalue weighted by Crippen LogP contribution is -2.31. The van der Waals surface area contributed by atoms with Crippen molar-refractivity contribution in [2.45, 2.75) is 39.2 Å². The Hall–Kier alpha value is -2.82. The van der Waals surface area contributed by atoms with Crippen molar-refractivity contribution in [1.29, 1.82) is 0 Å². The number of para-hydroxylation sites is 2. The lowest BCUT2D eigenvalue weighted by atomic mass is 10.0. The van der Waals surface area contributed by atoms with Gasteiger partial charge >= 0.3 is 0 Å². The van der Waals surface area contributed by atoms with E-state index >= 15 is 0 Å². The van der Waals surface area contributed by atoms with Crippen LogP contribution in [0.5, 0.6) is 0 Å². The maximum absolute atomic E-state index is 12.4. The SMILES string of the molecule is CC(C)C(NC(=O)/C=C/c1ccc(C2CC2C)o1)c1nc2ccccc2[nH]1. The molecule has 0 aliphatic heterocycles. The van der Waals surface area contributed by atoms with E-state index in [9.17, 15) is 4.79 Å². The van der Waals surface area contributed by atoms with Gasteiger partial charge in [0, 0.05) is 12.0 Å². The molecule has 3 atom stereocenters. The quantitative estimate of drug-likeness (QED) is 0.618. The Balaban J connectivity index is 1.45. The van der Waals surface area contributed by atoms with Crippen molar-refractivity contribution < 1.29 is 9.21 Å². The van der Waals surface area contributed by atoms with Crippen molar-refractivity contribution in [2.75, 3.05) is 0 Å². The van der Waals surface area contributed by atoms with E-state index in [1.807, 2.05) is 36.4 Å². The summed E-state index contributed by atoms with van der Waals surface area (Å²) in [4.78, 5) is 20.4. The summed E-state index contributed by atoms with van der Waals surface area (Å²) in [7, 11) is 0. The van der Waals surface area contributed by atoms with Gasteiger partial charge in [0.2, 0.25) is 5.91 Å². The third-order valence-electron chi connectivity index (χ3n) is 5.19. The molecule has 1 aromatic carbocycles. The van der Waals surface area contributed by atoms with Gasteiger partial charge in [0.1, 0.15) is 17.3 Å². The Morgan fingerprint density at radius 3 is 2.78 bits per heavy atom. The molecule has 27 heavy (non-hydrogen) atoms. The van der Waals surface area contributed by atoms with Crippen LogP contribution in [0.1, 0.15) is 56.5 Å². The molecule has 3 unspecified atom stereocenters. The molecular formula is C22H25N3O2. The van der Waals surface area contributed by atoms with Crippen LogP contribution < -0.4 is 5.32 Å². The van der Waals surface area contributed by atoms with E-state index in [0.29, 0.717) is 17.6 Å². The Kier molecular flexibility index (Phi) is 4.60. The van der Waals surface area contributed by atoms with Crippen LogP contribution >= 0.6 is 0 Å². The third kappa shape index (κ3) is 3.82. The number of fused-ring (bicyclic) bond motifs is 1. The molecule has 3 aromatic rings. The summed E-state index contributed by atoms with van der Waals surface area (Å²) >= 11 is 0. The second-order valence-corrected chi connectivity index (χ2v) is 7.76. The molecule has 4 rings (SSSR count). The summed E-state index contributed by atoms with van der Waals surface area (Å²) < 4.78 is 5.82. The number of imidazole rings is 1. The van der Waals surface area contributed by atoms with Crippen molar-refractivity contribution >= 4 is 23.0 Å². The van der Waals surface area contributed by atoms with Crippen LogP contribution in [0.3, 0.4) is 0 Å². The molecular weight excluding hydrogens is 338 g/mol. The predicted octanol–water partition coefficient (Wildman–Crippen LogP) is 4.81. The van der Waals surface area contributed by atoms with Gasteiger partial charge in [0.25, 0.3) is 0 Å². The van der Waals surface area contributed by atoms with Crippen molar-refractivity contribution in [3.05, 3.63) is 59.8 Å². The summed E-state index contributed by atoms with van der Waals surface area (Å²) in [5, 5.41) is 3.05. The first-order valence-corrected chi connectivity index (χ1v) is 9.54. The highest BCUT2D eigenvalue weighted by Gasteiger charge is 2.36. The number of hydrogen-bond acceptors (Lipinski definition) is 3. The first kappa shape index (κ1) is 17.6. The van der Waals surface area contributed by atoms with Gasteiger partial charge in [-0.15, -0.1) is 0 Å². The van der Waals surface area contributed by atoms with Crippen LogP contribution in [0.4, 0.5) is 0 Å². The number of rotatable bonds is 6. The van der Waals surface area contributed by atoms with Gasteiger partial charge in [0.05, 0.1) is 17.1 Å². The first-order chi connectivity index (χ1) is 13.0. The normalized spacial score (nSPS) is 20.4. The van der Waals surface area contributed by atoms with E-state index in [1.165, 1.54) is 12.5 Å². The van der Waals surface area contributed by atoms with Crippen molar-refractivity contribution in [2.24, 2.45) is 11.8 Å². The Morgan fingerprint density at radius 1 is 1.30 bits per heavy atom. The number of hydrogen-bond donors (Lipinski definition) is 2. The first-order valence-electron chi connectivity index (χ1n) is 9.54. The smallest absolute Gasteiger partial charge is 0.244 e. The van der Waals surface area contributed by atoms with Gasteiger partial charge in [-0.05, 0) is 48.6 Å². The number of amides is 1. The molecule has 1 aliphatic carbocycles. The number of aromatic amines is 1. The average Bonchev–Trinajstić information content (AvgIpc) is 3.06. The molecule has 140 valence electrons. The zero-order valence-electron chi connectivity index (χ0n) is 15.9. The number of H-pyrrole nitrogens is 1. The van der Waals surface area contributed by atoms with Gasteiger partial charge in [-0.1, -0.05) is 32.9 Å². The maximum Gasteiger partial charge on any atom is 0.244 e. The molecule has 0 saturated heterocycles. The van der Waals surface area contributed by atoms with Gasteiger partial charge in [-0.3, -0.25) is 4.79 Å². The fourth-order valence-corrected chi connectivity index (χ4v) is 3.41. The summed E-state index contributed by atoms with van der Waals surface area (Å²) in [6.07, 6.45) is 4.43. The van der Waals surface area contributed by atoms with Crippen LogP contribution in [-0.2, 0) is 4.79 Å². The number of furan rings is 1. The van der Waals surface area contributed by atoms with Crippen LogP contribution in [0.25, 0.3) is 17.1 Å². The zero-order chi connectivity index (χ0) is 19.0. The predicted molar refractivity (Wildman–Crippen MR) is 106 cm³/mol. The molecule has 5 heteroatoms. The van der Waals surface area contributed by atoms with Crippen molar-refractivity contribution in [3.63, 3.8) is 0 Å². The fourth-order valence-electron chi connectivity index (χ4n) is 3.41. The molecule has 2 heterocycles. The Labute approximate surface area is 158 Å². The highest BCUT2D eigenvalue weighted by Crippen LogP contribution is 2.47. The highest BCUT2D eigenvalue weighted by atomic mass is 16.3. The summed E-state index contributed by atoms with van der Waals surface area (Å²) in [6.45, 7) is 6.36. The van der Waals surface area contributed by atoms with Crippen molar-refractivity contribution in [1.82, 2.24) is 15.3 Å². The lowest BCUT2D eigenvalue weighted by Gasteiger charge is -2.19. The maximum atomic E-state index is 12.4. The van der Waals surface area contributed by atoms with Gasteiger partial charge in [0.15, 0.2) is 0 Å². The summed E-state index contributed by atoms with van der Waals surface area (Å²) in [5.74, 6) is 3.79. The molecule has 1 aliphatic rings. The fraction of sp³-hybridized carbons (Fsp3) is 0.364. The summed E-state index contributed by atoms with van der Waals surface area (Å²) in [5.41, 5.74) is 1.88. The van der Waals surface area contributed by atoms with Gasteiger partial charge < -0.3 is 14.7 Å². The molecule has 2 aromatic heterocycles. The average molecular weight is 363 g/mol. The molecule has 0 spiro atoms. The topological polar surface area (TPSA) is 70.9 Å². The summed E-state index contributed by atoms with van der Waals surface area (Å²) in [6, 6.07) is 11.6. The third-order valence-corrected chi connectivity index (χ3v) is 5.19. The largest absolute Gasteiger partial charge is 0.461 e. The van der Waals surface area contributed by atoms with E-state index in [2.05, 4.69) is 36.1 Å². The number of benzene rings is 1. The number of nitrogens with zero attached hydrogens (tertiary/aromatic N) is 1. The highest BCUT2D eigenvalue weighted by molar-refractivity contribution is 5.91. The minimum atomic E-state index is -0.186. The second kappa shape index (κ2) is 7.06. The molecule has 2 N–H and O–H groups in total. The van der Waals surface area contributed by atoms with E-state index < -0.39 is 0 Å². The van der Waals surface area contributed by atoms with E-state index in [0.717, 1.165) is 22.6 Å². The van der Waals surface area contributed by atoms with E-state index in [4.69, 9.17) is 4.42 Å². The molecule has 1 fully saturated rings. The Bertz CT molecular complexity index is 949. The van der Waals surface area contributed by atoms with E-state index in [-0.39, 0.29) is 17.9 Å². The standard InChI is InChI=1S/C22H25N3O2/c1-13(2)21(22-23-17-6-4-5-7-18(17)24-22)25-20(26)11-9-15-8-10-19(27-15)16-12-14(16)3/h4-11,13-14,16,21H,12H2,1-3H3,(H,23,24)(H,25,26)/b11-9+. The molecule has 5 nitrogen and oxygen atoms in total. The lowest BCUT2D eigenvalue weighted by molar-refractivity contribution is -0.117. The van der Waals surface area contributed by atoms with Crippen LogP contribution in [0.15, 0.2) is 46.9 Å². The Morgan fingerprint density at radius 2 is 2.07 bits per heavy atom. The van der Waals surface area contributed by atoms with Gasteiger partial charge in [-0.25, -0.2) is 4.98 Å². The number of carbonyl (C=O) groups is 1. The van der Waals surface area contributed by atoms with E-state index in [1.54, 1.807) is 6.08 Å². The van der Waals surface area contributed by atoms with Crippen LogP contribution in [0, 0.1) is 11.8 Å². The minimum Gasteiger partial charge on any atom is -0.461 e.